The summed E-state index contributed by atoms with van der Waals surface area (Å²) in [5.41, 5.74) is 11.5. The summed E-state index contributed by atoms with van der Waals surface area (Å²) < 4.78 is 0. The van der Waals surface area contributed by atoms with E-state index in [9.17, 15) is 0 Å². The number of hydrogen-bond donors (Lipinski definition) is 1. The summed E-state index contributed by atoms with van der Waals surface area (Å²) in [7, 11) is 2.16. The van der Waals surface area contributed by atoms with Crippen molar-refractivity contribution in [2.75, 3.05) is 7.05 Å². The second-order valence-corrected chi connectivity index (χ2v) is 14.2. The van der Waals surface area contributed by atoms with Crippen LogP contribution in [0.15, 0.2) is 161 Å². The molecule has 0 fully saturated rings. The molecule has 55 heavy (non-hydrogen) atoms. The molecule has 3 unspecified atom stereocenters. The molecule has 0 aliphatic heterocycles. The van der Waals surface area contributed by atoms with Crippen LogP contribution in [0, 0.1) is 0 Å². The van der Waals surface area contributed by atoms with Crippen LogP contribution in [-0.2, 0) is 13.0 Å². The van der Waals surface area contributed by atoms with Crippen molar-refractivity contribution in [3.8, 4) is 0 Å². The molecule has 3 aromatic rings. The molecule has 3 aromatic carbocycles. The first-order chi connectivity index (χ1) is 26.9. The number of aliphatic imine (C=N–C) groups is 1. The predicted molar refractivity (Wildman–Crippen MR) is 244 cm³/mol. The number of nitrogens with zero attached hydrogens (tertiary/aromatic N) is 2. The predicted octanol–water partition coefficient (Wildman–Crippen LogP) is 14.1. The Morgan fingerprint density at radius 1 is 0.891 bits per heavy atom. The van der Waals surface area contributed by atoms with Crippen LogP contribution in [0.3, 0.4) is 0 Å². The van der Waals surface area contributed by atoms with Crippen LogP contribution in [0.4, 0.5) is 0 Å². The monoisotopic (exact) mass is 736 g/mol. The topological polar surface area (TPSA) is 27.6 Å². The van der Waals surface area contributed by atoms with Crippen LogP contribution < -0.4 is 5.32 Å². The van der Waals surface area contributed by atoms with Gasteiger partial charge in [0.25, 0.3) is 0 Å². The maximum atomic E-state index is 4.72. The molecule has 0 heterocycles. The van der Waals surface area contributed by atoms with Gasteiger partial charge < -0.3 is 0 Å². The van der Waals surface area contributed by atoms with E-state index in [-0.39, 0.29) is 18.2 Å². The maximum absolute atomic E-state index is 4.72. The van der Waals surface area contributed by atoms with E-state index in [1.54, 1.807) is 0 Å². The summed E-state index contributed by atoms with van der Waals surface area (Å²) in [5.74, 6) is 0.278. The minimum absolute atomic E-state index is 0.0410. The smallest absolute Gasteiger partial charge is 0.128 e. The van der Waals surface area contributed by atoms with Gasteiger partial charge in [0.2, 0.25) is 0 Å². The molecule has 0 bridgehead atoms. The van der Waals surface area contributed by atoms with Crippen molar-refractivity contribution in [3.05, 3.63) is 184 Å². The third kappa shape index (κ3) is 14.2. The van der Waals surface area contributed by atoms with Crippen LogP contribution in [0.2, 0.25) is 0 Å². The highest BCUT2D eigenvalue weighted by molar-refractivity contribution is 5.76. The van der Waals surface area contributed by atoms with Gasteiger partial charge in [0.05, 0.1) is 6.17 Å². The summed E-state index contributed by atoms with van der Waals surface area (Å²) in [6.07, 6.45) is 30.0. The molecule has 0 saturated carbocycles. The van der Waals surface area contributed by atoms with Crippen molar-refractivity contribution in [2.24, 2.45) is 4.99 Å². The fourth-order valence-corrected chi connectivity index (χ4v) is 6.87. The normalized spacial score (nSPS) is 16.5. The SMILES string of the molecule is C=NC(C1=CC(c2ccc(C(/C=C(\C)C3=CCC=CC=C3)=C/CC)cc2)CC=C1)N(C)C(NCc1ccccc1)c1ccc(CCCC)cc1.CC.CCC. The lowest BCUT2D eigenvalue weighted by atomic mass is 9.87. The van der Waals surface area contributed by atoms with Gasteiger partial charge in [-0.2, -0.15) is 0 Å². The van der Waals surface area contributed by atoms with E-state index in [0.29, 0.717) is 0 Å². The Kier molecular flexibility index (Phi) is 20.8. The lowest BCUT2D eigenvalue weighted by Crippen LogP contribution is -2.42. The van der Waals surface area contributed by atoms with Gasteiger partial charge in [0.15, 0.2) is 0 Å². The molecule has 2 aliphatic rings. The highest BCUT2D eigenvalue weighted by Gasteiger charge is 2.27. The van der Waals surface area contributed by atoms with Gasteiger partial charge in [-0.15, -0.1) is 0 Å². The highest BCUT2D eigenvalue weighted by Crippen LogP contribution is 2.33. The molecule has 2 aliphatic carbocycles. The number of benzene rings is 3. The second kappa shape index (κ2) is 25.5. The van der Waals surface area contributed by atoms with E-state index in [2.05, 4.69) is 198 Å². The third-order valence-electron chi connectivity index (χ3n) is 9.74. The minimum atomic E-state index is -0.198. The lowest BCUT2D eigenvalue weighted by molar-refractivity contribution is 0.168. The van der Waals surface area contributed by atoms with Crippen LogP contribution in [0.1, 0.15) is 127 Å². The van der Waals surface area contributed by atoms with Gasteiger partial charge in [-0.1, -0.05) is 194 Å². The van der Waals surface area contributed by atoms with E-state index in [4.69, 9.17) is 4.99 Å². The third-order valence-corrected chi connectivity index (χ3v) is 9.74. The van der Waals surface area contributed by atoms with Crippen molar-refractivity contribution in [1.82, 2.24) is 10.2 Å². The Balaban J connectivity index is 0.00000155. The van der Waals surface area contributed by atoms with Crippen molar-refractivity contribution in [2.45, 2.75) is 118 Å². The molecule has 5 rings (SSSR count). The molecular weight excluding hydrogens is 667 g/mol. The molecule has 0 spiro atoms. The van der Waals surface area contributed by atoms with Gasteiger partial charge in [0, 0.05) is 12.5 Å². The maximum Gasteiger partial charge on any atom is 0.128 e. The molecule has 3 heteroatoms. The number of likely N-dealkylation sites (N-methyl/N-ethyl adjacent to an activating group) is 1. The van der Waals surface area contributed by atoms with E-state index in [0.717, 1.165) is 32.2 Å². The molecular formula is C52H69N3. The average Bonchev–Trinajstić information content (AvgIpc) is 3.53. The molecule has 1 N–H and O–H groups in total. The standard InChI is InChI=1S/C47H55N3.C3H8.C2H6/c1-6-8-18-37-25-27-42(28-26-37)47(49-35-38-19-12-11-13-20-38)50(5)46(48-4)45-24-16-23-44(34-45)41-31-29-40(30-32-41)43(17-7-2)33-36(3)39-21-14-9-10-15-22-39;1-3-2;1-2/h9-14,16-17,19-22,24-34,44,46-47,49H,4,6-8,15,18,23,35H2,1-3,5H3;3H2,1-2H3;1-2H3/b36-33+,43-17+;;. The van der Waals surface area contributed by atoms with Crippen LogP contribution in [0.5, 0.6) is 0 Å². The summed E-state index contributed by atoms with van der Waals surface area (Å²) in [6.45, 7) is 19.8. The molecule has 292 valence electrons. The first-order valence-corrected chi connectivity index (χ1v) is 20.9. The molecule has 3 atom stereocenters. The number of unbranched alkanes of at least 4 members (excludes halogenated alkanes) is 1. The zero-order valence-corrected chi connectivity index (χ0v) is 35.3. The Bertz CT molecular complexity index is 1760. The Hall–Kier alpha value is -4.57. The van der Waals surface area contributed by atoms with Gasteiger partial charge >= 0.3 is 0 Å². The molecule has 0 aromatic heterocycles. The first-order valence-electron chi connectivity index (χ1n) is 20.9. The number of aryl methyl sites for hydroxylation is 1. The molecule has 0 radical (unpaired) electrons. The van der Waals surface area contributed by atoms with Crippen LogP contribution >= 0.6 is 0 Å². The fourth-order valence-electron chi connectivity index (χ4n) is 6.87. The summed E-state index contributed by atoms with van der Waals surface area (Å²) in [5, 5.41) is 3.84. The minimum Gasteiger partial charge on any atom is -0.294 e. The van der Waals surface area contributed by atoms with Crippen molar-refractivity contribution in [3.63, 3.8) is 0 Å². The zero-order valence-electron chi connectivity index (χ0n) is 35.3. The highest BCUT2D eigenvalue weighted by atomic mass is 15.3. The fraction of sp³-hybridized carbons (Fsp3) is 0.365. The number of allylic oxidation sites excluding steroid dienone is 12. The van der Waals surface area contributed by atoms with Gasteiger partial charge in [0.1, 0.15) is 6.17 Å². The van der Waals surface area contributed by atoms with Crippen LogP contribution in [-0.4, -0.2) is 24.8 Å². The average molecular weight is 736 g/mol. The van der Waals surface area contributed by atoms with E-state index < -0.39 is 0 Å². The first kappa shape index (κ1) is 44.8. The van der Waals surface area contributed by atoms with Gasteiger partial charge in [-0.3, -0.25) is 15.2 Å². The number of rotatable bonds is 16. The number of nitrogens with one attached hydrogen (secondary N) is 1. The van der Waals surface area contributed by atoms with Crippen molar-refractivity contribution in [1.29, 1.82) is 0 Å². The quantitative estimate of drug-likeness (QED) is 0.0901. The molecule has 0 saturated heterocycles. The molecule has 0 amide bonds. The number of hydrogen-bond acceptors (Lipinski definition) is 3. The summed E-state index contributed by atoms with van der Waals surface area (Å²) >= 11 is 0. The second-order valence-electron chi connectivity index (χ2n) is 14.2. The van der Waals surface area contributed by atoms with Crippen molar-refractivity contribution >= 4 is 12.3 Å². The largest absolute Gasteiger partial charge is 0.294 e. The van der Waals surface area contributed by atoms with Gasteiger partial charge in [-0.05, 0) is 103 Å². The van der Waals surface area contributed by atoms with Crippen LogP contribution in [0.25, 0.3) is 5.57 Å². The van der Waals surface area contributed by atoms with E-state index >= 15 is 0 Å². The van der Waals surface area contributed by atoms with E-state index in [1.807, 2.05) is 13.8 Å². The Morgan fingerprint density at radius 2 is 1.60 bits per heavy atom. The summed E-state index contributed by atoms with van der Waals surface area (Å²) in [6, 6.07) is 28.9. The zero-order chi connectivity index (χ0) is 39.8. The summed E-state index contributed by atoms with van der Waals surface area (Å²) in [4.78, 5) is 7.04. The Labute approximate surface area is 335 Å². The Morgan fingerprint density at radius 3 is 2.25 bits per heavy atom. The van der Waals surface area contributed by atoms with Gasteiger partial charge in [-0.25, -0.2) is 0 Å². The van der Waals surface area contributed by atoms with E-state index in [1.165, 1.54) is 69.4 Å². The van der Waals surface area contributed by atoms with Crippen molar-refractivity contribution < 1.29 is 0 Å². The lowest BCUT2D eigenvalue weighted by Gasteiger charge is -2.35. The molecule has 3 nitrogen and oxygen atoms in total.